The first-order chi connectivity index (χ1) is 18.8. The van der Waals surface area contributed by atoms with E-state index in [-0.39, 0.29) is 30.4 Å². The van der Waals surface area contributed by atoms with Crippen LogP contribution in [-0.4, -0.2) is 36.7 Å². The van der Waals surface area contributed by atoms with Gasteiger partial charge in [0.25, 0.3) is 5.91 Å². The van der Waals surface area contributed by atoms with Gasteiger partial charge in [0, 0.05) is 29.9 Å². The fourth-order valence-electron chi connectivity index (χ4n) is 3.78. The molecule has 0 aliphatic heterocycles. The minimum absolute atomic E-state index is 0.0722. The molecule has 0 radical (unpaired) electrons. The summed E-state index contributed by atoms with van der Waals surface area (Å²) >= 11 is 5.95. The smallest absolute Gasteiger partial charge is 0.337 e. The Kier molecular flexibility index (Phi) is 9.08. The maximum atomic E-state index is 13.5. The number of amides is 1. The van der Waals surface area contributed by atoms with E-state index in [1.54, 1.807) is 72.9 Å². The fourth-order valence-corrected chi connectivity index (χ4v) is 5.31. The molecule has 200 valence electrons. The van der Waals surface area contributed by atoms with Gasteiger partial charge in [0.05, 0.1) is 29.8 Å². The van der Waals surface area contributed by atoms with E-state index in [2.05, 4.69) is 15.0 Å². The van der Waals surface area contributed by atoms with Gasteiger partial charge in [0.2, 0.25) is 10.0 Å². The molecule has 0 unspecified atom stereocenters. The third-order valence-electron chi connectivity index (χ3n) is 5.92. The first kappa shape index (κ1) is 28.0. The summed E-state index contributed by atoms with van der Waals surface area (Å²) in [7, 11) is -2.55. The molecule has 0 aliphatic carbocycles. The normalized spacial score (nSPS) is 11.3. The van der Waals surface area contributed by atoms with Crippen molar-refractivity contribution in [1.82, 2.24) is 14.6 Å². The van der Waals surface area contributed by atoms with Crippen LogP contribution in [0.5, 0.6) is 0 Å². The lowest BCUT2D eigenvalue weighted by Gasteiger charge is -2.22. The molecule has 4 rings (SSSR count). The third-order valence-corrected chi connectivity index (χ3v) is 7.98. The Hall–Kier alpha value is -4.05. The molecule has 4 aromatic rings. The van der Waals surface area contributed by atoms with E-state index in [9.17, 15) is 18.0 Å². The second kappa shape index (κ2) is 12.7. The van der Waals surface area contributed by atoms with E-state index < -0.39 is 16.0 Å². The second-order valence-electron chi connectivity index (χ2n) is 8.62. The lowest BCUT2D eigenvalue weighted by atomic mass is 10.1. The van der Waals surface area contributed by atoms with Gasteiger partial charge in [-0.3, -0.25) is 9.78 Å². The summed E-state index contributed by atoms with van der Waals surface area (Å²) < 4.78 is 33.0. The van der Waals surface area contributed by atoms with E-state index in [0.717, 1.165) is 5.56 Å². The molecular weight excluding hydrogens is 538 g/mol. The number of ether oxygens (including phenoxy) is 1. The topological polar surface area (TPSA) is 106 Å². The molecule has 10 heteroatoms. The van der Waals surface area contributed by atoms with E-state index in [4.69, 9.17) is 11.6 Å². The highest BCUT2D eigenvalue weighted by Gasteiger charge is 2.25. The van der Waals surface area contributed by atoms with Crippen LogP contribution in [0, 0.1) is 0 Å². The van der Waals surface area contributed by atoms with E-state index >= 15 is 0 Å². The van der Waals surface area contributed by atoms with Crippen molar-refractivity contribution in [2.45, 2.75) is 24.5 Å². The number of hydrogen-bond donors (Lipinski definition) is 1. The van der Waals surface area contributed by atoms with E-state index in [1.165, 1.54) is 35.7 Å². The number of methoxy groups -OCH3 is 1. The van der Waals surface area contributed by atoms with Gasteiger partial charge in [-0.1, -0.05) is 41.9 Å². The van der Waals surface area contributed by atoms with E-state index in [0.29, 0.717) is 27.4 Å². The molecule has 3 aromatic carbocycles. The van der Waals surface area contributed by atoms with Gasteiger partial charge in [-0.2, -0.15) is 4.31 Å². The first-order valence-corrected chi connectivity index (χ1v) is 13.8. The standard InChI is InChI=1S/C29H26ClN3O5S/c1-38-29(35)24-11-5-21(6-12-24)18-32-28(34)23-9-7-22(8-10-23)19-33(20-26-4-2-3-17-31-26)39(36,37)27-15-13-25(30)14-16-27/h2-17H,18-20H2,1H3,(H,32,34). The Morgan fingerprint density at radius 3 is 2.10 bits per heavy atom. The lowest BCUT2D eigenvalue weighted by molar-refractivity contribution is 0.0600. The van der Waals surface area contributed by atoms with Gasteiger partial charge in [-0.05, 0) is 71.8 Å². The quantitative estimate of drug-likeness (QED) is 0.277. The molecule has 0 aliphatic rings. The number of hydrogen-bond acceptors (Lipinski definition) is 6. The van der Waals surface area contributed by atoms with Gasteiger partial charge in [0.1, 0.15) is 0 Å². The minimum Gasteiger partial charge on any atom is -0.465 e. The number of benzene rings is 3. The average molecular weight is 564 g/mol. The number of carbonyl (C=O) groups excluding carboxylic acids is 2. The van der Waals surface area contributed by atoms with Crippen molar-refractivity contribution < 1.29 is 22.7 Å². The SMILES string of the molecule is COC(=O)c1ccc(CNC(=O)c2ccc(CN(Cc3ccccn3)S(=O)(=O)c3ccc(Cl)cc3)cc2)cc1. The summed E-state index contributed by atoms with van der Waals surface area (Å²) in [6, 6.07) is 24.9. The zero-order chi connectivity index (χ0) is 27.8. The summed E-state index contributed by atoms with van der Waals surface area (Å²) in [4.78, 5) is 28.6. The summed E-state index contributed by atoms with van der Waals surface area (Å²) in [5.74, 6) is -0.706. The Morgan fingerprint density at radius 1 is 0.846 bits per heavy atom. The first-order valence-electron chi connectivity index (χ1n) is 12.0. The molecule has 1 aromatic heterocycles. The number of halogens is 1. The van der Waals surface area contributed by atoms with Crippen LogP contribution in [0.25, 0.3) is 0 Å². The molecule has 0 fully saturated rings. The van der Waals surface area contributed by atoms with Crippen molar-refractivity contribution in [3.63, 3.8) is 0 Å². The summed E-state index contributed by atoms with van der Waals surface area (Å²) in [6.07, 6.45) is 1.61. The number of nitrogens with zero attached hydrogens (tertiary/aromatic N) is 2. The zero-order valence-electron chi connectivity index (χ0n) is 21.1. The number of rotatable bonds is 10. The molecule has 0 bridgehead atoms. The number of esters is 1. The predicted octanol–water partition coefficient (Wildman–Crippen LogP) is 4.84. The van der Waals surface area contributed by atoms with Crippen LogP contribution in [-0.2, 0) is 34.4 Å². The number of carbonyl (C=O) groups is 2. The Bertz CT molecular complexity index is 1530. The van der Waals surface area contributed by atoms with Crippen molar-refractivity contribution in [1.29, 1.82) is 0 Å². The maximum Gasteiger partial charge on any atom is 0.337 e. The van der Waals surface area contributed by atoms with E-state index in [1.807, 2.05) is 0 Å². The van der Waals surface area contributed by atoms with Crippen LogP contribution in [0.3, 0.4) is 0 Å². The van der Waals surface area contributed by atoms with Crippen LogP contribution < -0.4 is 5.32 Å². The highest BCUT2D eigenvalue weighted by molar-refractivity contribution is 7.89. The fraction of sp³-hybridized carbons (Fsp3) is 0.138. The van der Waals surface area contributed by atoms with Crippen LogP contribution in [0.15, 0.2) is 102 Å². The molecule has 1 heterocycles. The van der Waals surface area contributed by atoms with Crippen molar-refractivity contribution in [2.24, 2.45) is 0 Å². The zero-order valence-corrected chi connectivity index (χ0v) is 22.7. The average Bonchev–Trinajstić information content (AvgIpc) is 2.96. The third kappa shape index (κ3) is 7.29. The van der Waals surface area contributed by atoms with Crippen molar-refractivity contribution in [2.75, 3.05) is 7.11 Å². The largest absolute Gasteiger partial charge is 0.465 e. The monoisotopic (exact) mass is 563 g/mol. The minimum atomic E-state index is -3.86. The predicted molar refractivity (Wildman–Crippen MR) is 148 cm³/mol. The molecule has 39 heavy (non-hydrogen) atoms. The Balaban J connectivity index is 1.45. The lowest BCUT2D eigenvalue weighted by Crippen LogP contribution is -2.30. The van der Waals surface area contributed by atoms with Crippen LogP contribution in [0.4, 0.5) is 0 Å². The number of aromatic nitrogens is 1. The maximum absolute atomic E-state index is 13.5. The van der Waals surface area contributed by atoms with Gasteiger partial charge in [0.15, 0.2) is 0 Å². The molecule has 8 nitrogen and oxygen atoms in total. The van der Waals surface area contributed by atoms with Gasteiger partial charge in [-0.15, -0.1) is 0 Å². The molecule has 0 saturated heterocycles. The van der Waals surface area contributed by atoms with Crippen molar-refractivity contribution >= 4 is 33.5 Å². The molecule has 0 spiro atoms. The van der Waals surface area contributed by atoms with Crippen LogP contribution >= 0.6 is 11.6 Å². The number of nitrogens with one attached hydrogen (secondary N) is 1. The van der Waals surface area contributed by atoms with Gasteiger partial charge < -0.3 is 10.1 Å². The summed E-state index contributed by atoms with van der Waals surface area (Å²) in [5, 5.41) is 3.28. The Morgan fingerprint density at radius 2 is 1.49 bits per heavy atom. The van der Waals surface area contributed by atoms with Crippen LogP contribution in [0.1, 0.15) is 37.5 Å². The summed E-state index contributed by atoms with van der Waals surface area (Å²) in [5.41, 5.74) is 2.99. The molecule has 0 atom stereocenters. The number of sulfonamides is 1. The van der Waals surface area contributed by atoms with Gasteiger partial charge in [-0.25, -0.2) is 13.2 Å². The van der Waals surface area contributed by atoms with Crippen molar-refractivity contribution in [3.8, 4) is 0 Å². The van der Waals surface area contributed by atoms with Crippen molar-refractivity contribution in [3.05, 3.63) is 130 Å². The highest BCUT2D eigenvalue weighted by atomic mass is 35.5. The van der Waals surface area contributed by atoms with Crippen LogP contribution in [0.2, 0.25) is 5.02 Å². The highest BCUT2D eigenvalue weighted by Crippen LogP contribution is 2.22. The molecule has 1 amide bonds. The van der Waals surface area contributed by atoms with Gasteiger partial charge >= 0.3 is 5.97 Å². The Labute approximate surface area is 232 Å². The summed E-state index contributed by atoms with van der Waals surface area (Å²) in [6.45, 7) is 0.429. The molecular formula is C29H26ClN3O5S. The molecule has 1 N–H and O–H groups in total. The number of pyridine rings is 1. The second-order valence-corrected chi connectivity index (χ2v) is 11.0. The molecule has 0 saturated carbocycles.